The average Bonchev–Trinajstić information content (AvgIpc) is 2.49. The molecule has 4 heteroatoms. The Bertz CT molecular complexity index is 496. The molecule has 1 aliphatic rings. The van der Waals surface area contributed by atoms with Gasteiger partial charge in [0.1, 0.15) is 0 Å². The SMILES string of the molecule is Cc1ccc(C)c(C(C)NC(C)C(=O)N2CCOCC2)c1. The van der Waals surface area contributed by atoms with Crippen molar-refractivity contribution in [1.29, 1.82) is 0 Å². The van der Waals surface area contributed by atoms with E-state index in [1.807, 2.05) is 11.8 Å². The first-order chi connectivity index (χ1) is 9.99. The molecule has 1 aromatic carbocycles. The lowest BCUT2D eigenvalue weighted by Gasteiger charge is -2.31. The molecule has 4 nitrogen and oxygen atoms in total. The van der Waals surface area contributed by atoms with Gasteiger partial charge in [-0.3, -0.25) is 10.1 Å². The van der Waals surface area contributed by atoms with Crippen LogP contribution in [0, 0.1) is 13.8 Å². The van der Waals surface area contributed by atoms with Crippen LogP contribution in [0.25, 0.3) is 0 Å². The van der Waals surface area contributed by atoms with Gasteiger partial charge in [0.05, 0.1) is 19.3 Å². The summed E-state index contributed by atoms with van der Waals surface area (Å²) in [5, 5.41) is 3.43. The zero-order chi connectivity index (χ0) is 15.4. The third-order valence-electron chi connectivity index (χ3n) is 4.09. The van der Waals surface area contributed by atoms with Crippen molar-refractivity contribution < 1.29 is 9.53 Å². The van der Waals surface area contributed by atoms with Crippen molar-refractivity contribution in [2.45, 2.75) is 39.8 Å². The quantitative estimate of drug-likeness (QED) is 0.924. The predicted octanol–water partition coefficient (Wildman–Crippen LogP) is 2.20. The standard InChI is InChI=1S/C17H26N2O2/c1-12-5-6-13(2)16(11-12)14(3)18-15(4)17(20)19-7-9-21-10-8-19/h5-6,11,14-15,18H,7-10H2,1-4H3. The molecular formula is C17H26N2O2. The second kappa shape index (κ2) is 7.05. The highest BCUT2D eigenvalue weighted by Crippen LogP contribution is 2.19. The van der Waals surface area contributed by atoms with E-state index >= 15 is 0 Å². The molecule has 0 spiro atoms. The Morgan fingerprint density at radius 3 is 2.57 bits per heavy atom. The van der Waals surface area contributed by atoms with Gasteiger partial charge in [0.15, 0.2) is 0 Å². The highest BCUT2D eigenvalue weighted by molar-refractivity contribution is 5.81. The lowest BCUT2D eigenvalue weighted by atomic mass is 9.99. The molecule has 1 aliphatic heterocycles. The smallest absolute Gasteiger partial charge is 0.239 e. The molecule has 1 fully saturated rings. The molecule has 0 radical (unpaired) electrons. The Morgan fingerprint density at radius 2 is 1.90 bits per heavy atom. The van der Waals surface area contributed by atoms with E-state index < -0.39 is 0 Å². The van der Waals surface area contributed by atoms with Crippen LogP contribution in [-0.2, 0) is 9.53 Å². The first-order valence-electron chi connectivity index (χ1n) is 7.68. The molecule has 116 valence electrons. The molecular weight excluding hydrogens is 264 g/mol. The third-order valence-corrected chi connectivity index (χ3v) is 4.09. The van der Waals surface area contributed by atoms with Gasteiger partial charge in [-0.05, 0) is 38.8 Å². The molecule has 1 amide bonds. The first kappa shape index (κ1) is 16.0. The van der Waals surface area contributed by atoms with Gasteiger partial charge >= 0.3 is 0 Å². The molecule has 2 rings (SSSR count). The summed E-state index contributed by atoms with van der Waals surface area (Å²) in [5.41, 5.74) is 3.76. The van der Waals surface area contributed by atoms with E-state index in [1.54, 1.807) is 0 Å². The predicted molar refractivity (Wildman–Crippen MR) is 84.3 cm³/mol. The first-order valence-corrected chi connectivity index (χ1v) is 7.68. The number of rotatable bonds is 4. The zero-order valence-electron chi connectivity index (χ0n) is 13.5. The van der Waals surface area contributed by atoms with Gasteiger partial charge in [-0.15, -0.1) is 0 Å². The summed E-state index contributed by atoms with van der Waals surface area (Å²) >= 11 is 0. The molecule has 0 aromatic heterocycles. The van der Waals surface area contributed by atoms with Crippen LogP contribution < -0.4 is 5.32 Å². The summed E-state index contributed by atoms with van der Waals surface area (Å²) in [6, 6.07) is 6.42. The molecule has 1 heterocycles. The van der Waals surface area contributed by atoms with Gasteiger partial charge < -0.3 is 9.64 Å². The summed E-state index contributed by atoms with van der Waals surface area (Å²) in [6.45, 7) is 10.9. The number of hydrogen-bond acceptors (Lipinski definition) is 3. The van der Waals surface area contributed by atoms with Gasteiger partial charge in [-0.2, -0.15) is 0 Å². The lowest BCUT2D eigenvalue weighted by molar-refractivity contribution is -0.137. The van der Waals surface area contributed by atoms with Crippen LogP contribution in [0.5, 0.6) is 0 Å². The monoisotopic (exact) mass is 290 g/mol. The van der Waals surface area contributed by atoms with Crippen LogP contribution in [0.1, 0.15) is 36.6 Å². The molecule has 2 unspecified atom stereocenters. The van der Waals surface area contributed by atoms with Crippen LogP contribution in [0.15, 0.2) is 18.2 Å². The van der Waals surface area contributed by atoms with Crippen molar-refractivity contribution in [3.05, 3.63) is 34.9 Å². The van der Waals surface area contributed by atoms with Gasteiger partial charge in [0.2, 0.25) is 5.91 Å². The van der Waals surface area contributed by atoms with E-state index in [9.17, 15) is 4.79 Å². The Hall–Kier alpha value is -1.39. The summed E-state index contributed by atoms with van der Waals surface area (Å²) < 4.78 is 5.29. The van der Waals surface area contributed by atoms with Gasteiger partial charge in [-0.25, -0.2) is 0 Å². The minimum absolute atomic E-state index is 0.157. The van der Waals surface area contributed by atoms with E-state index in [2.05, 4.69) is 44.3 Å². The van der Waals surface area contributed by atoms with Crippen molar-refractivity contribution in [1.82, 2.24) is 10.2 Å². The topological polar surface area (TPSA) is 41.6 Å². The Kier molecular flexibility index (Phi) is 5.37. The number of morpholine rings is 1. The second-order valence-corrected chi connectivity index (χ2v) is 5.91. The number of ether oxygens (including phenoxy) is 1. The molecule has 21 heavy (non-hydrogen) atoms. The fourth-order valence-electron chi connectivity index (χ4n) is 2.82. The number of nitrogens with one attached hydrogen (secondary N) is 1. The normalized spacial score (nSPS) is 18.4. The number of nitrogens with zero attached hydrogens (tertiary/aromatic N) is 1. The highest BCUT2D eigenvalue weighted by Gasteiger charge is 2.24. The van der Waals surface area contributed by atoms with Crippen LogP contribution in [0.4, 0.5) is 0 Å². The van der Waals surface area contributed by atoms with Crippen LogP contribution in [0.2, 0.25) is 0 Å². The average molecular weight is 290 g/mol. The Morgan fingerprint density at radius 1 is 1.24 bits per heavy atom. The fraction of sp³-hybridized carbons (Fsp3) is 0.588. The summed E-state index contributed by atoms with van der Waals surface area (Å²) in [7, 11) is 0. The maximum atomic E-state index is 12.4. The van der Waals surface area contributed by atoms with E-state index in [-0.39, 0.29) is 18.0 Å². The van der Waals surface area contributed by atoms with E-state index in [4.69, 9.17) is 4.74 Å². The van der Waals surface area contributed by atoms with Crippen molar-refractivity contribution in [3.63, 3.8) is 0 Å². The van der Waals surface area contributed by atoms with Crippen molar-refractivity contribution >= 4 is 5.91 Å². The van der Waals surface area contributed by atoms with Gasteiger partial charge in [0, 0.05) is 19.1 Å². The number of aryl methyl sites for hydroxylation is 2. The Labute approximate surface area is 127 Å². The lowest BCUT2D eigenvalue weighted by Crippen LogP contribution is -2.49. The molecule has 2 atom stereocenters. The molecule has 0 saturated carbocycles. The summed E-state index contributed by atoms with van der Waals surface area (Å²) in [6.07, 6.45) is 0. The summed E-state index contributed by atoms with van der Waals surface area (Å²) in [4.78, 5) is 14.3. The fourth-order valence-corrected chi connectivity index (χ4v) is 2.82. The van der Waals surface area contributed by atoms with E-state index in [0.717, 1.165) is 0 Å². The van der Waals surface area contributed by atoms with Crippen molar-refractivity contribution in [2.75, 3.05) is 26.3 Å². The minimum atomic E-state index is -0.182. The Balaban J connectivity index is 1.99. The highest BCUT2D eigenvalue weighted by atomic mass is 16.5. The molecule has 1 N–H and O–H groups in total. The maximum absolute atomic E-state index is 12.4. The third kappa shape index (κ3) is 4.05. The minimum Gasteiger partial charge on any atom is -0.378 e. The largest absolute Gasteiger partial charge is 0.378 e. The number of carbonyl (C=O) groups is 1. The zero-order valence-corrected chi connectivity index (χ0v) is 13.5. The number of carbonyl (C=O) groups excluding carboxylic acids is 1. The molecule has 0 aliphatic carbocycles. The van der Waals surface area contributed by atoms with Gasteiger partial charge in [-0.1, -0.05) is 23.8 Å². The van der Waals surface area contributed by atoms with Gasteiger partial charge in [0.25, 0.3) is 0 Å². The van der Waals surface area contributed by atoms with Crippen molar-refractivity contribution in [2.24, 2.45) is 0 Å². The van der Waals surface area contributed by atoms with Crippen LogP contribution in [-0.4, -0.2) is 43.2 Å². The van der Waals surface area contributed by atoms with Crippen molar-refractivity contribution in [3.8, 4) is 0 Å². The molecule has 1 saturated heterocycles. The molecule has 0 bridgehead atoms. The summed E-state index contributed by atoms with van der Waals surface area (Å²) in [5.74, 6) is 0.162. The number of benzene rings is 1. The second-order valence-electron chi connectivity index (χ2n) is 5.91. The maximum Gasteiger partial charge on any atom is 0.239 e. The van der Waals surface area contributed by atoms with Crippen LogP contribution >= 0.6 is 0 Å². The number of amides is 1. The number of hydrogen-bond donors (Lipinski definition) is 1. The van der Waals surface area contributed by atoms with E-state index in [0.29, 0.717) is 26.3 Å². The van der Waals surface area contributed by atoms with E-state index in [1.165, 1.54) is 16.7 Å². The van der Waals surface area contributed by atoms with Crippen LogP contribution in [0.3, 0.4) is 0 Å². The molecule has 1 aromatic rings.